The van der Waals surface area contributed by atoms with Gasteiger partial charge in [-0.1, -0.05) is 17.7 Å². The molecular weight excluding hydrogens is 464 g/mol. The normalized spacial score (nSPS) is 15.2. The molecule has 11 heteroatoms. The van der Waals surface area contributed by atoms with Gasteiger partial charge < -0.3 is 14.6 Å². The molecule has 0 unspecified atom stereocenters. The molecule has 2 heterocycles. The van der Waals surface area contributed by atoms with E-state index < -0.39 is 23.2 Å². The lowest BCUT2D eigenvalue weighted by Gasteiger charge is -2.22. The summed E-state index contributed by atoms with van der Waals surface area (Å²) in [5, 5.41) is 16.9. The molecule has 1 aliphatic heterocycles. The van der Waals surface area contributed by atoms with Crippen LogP contribution in [0, 0.1) is 0 Å². The van der Waals surface area contributed by atoms with Crippen molar-refractivity contribution in [3.63, 3.8) is 0 Å². The van der Waals surface area contributed by atoms with Crippen LogP contribution in [0.1, 0.15) is 30.5 Å². The first-order valence-corrected chi connectivity index (χ1v) is 10.6. The number of rotatable bonds is 5. The first kappa shape index (κ1) is 23.1. The highest BCUT2D eigenvalue weighted by Crippen LogP contribution is 2.39. The Morgan fingerprint density at radius 1 is 1.18 bits per heavy atom. The van der Waals surface area contributed by atoms with E-state index in [1.54, 1.807) is 36.4 Å². The predicted octanol–water partition coefficient (Wildman–Crippen LogP) is 2.60. The van der Waals surface area contributed by atoms with Crippen LogP contribution in [-0.4, -0.2) is 45.5 Å². The standard InChI is InChI=1S/C23H21ClN4O6/c1-12(29)28-18(16-10-15(33-2)7-8-19(16)34-3)11-17(26-28)20-21(30)25-23(32)27(22(20)31)14-6-4-5-13(24)9-14/h4-10,18,31H,11H2,1-3H3,(H,25,30,32)/t18-/m1/s1. The van der Waals surface area contributed by atoms with Crippen LogP contribution in [0.15, 0.2) is 57.2 Å². The van der Waals surface area contributed by atoms with Gasteiger partial charge in [0, 0.05) is 23.9 Å². The summed E-state index contributed by atoms with van der Waals surface area (Å²) in [6, 6.07) is 10.7. The minimum atomic E-state index is -0.846. The highest BCUT2D eigenvalue weighted by Gasteiger charge is 2.36. The minimum absolute atomic E-state index is 0.0769. The molecule has 0 spiro atoms. The Morgan fingerprint density at radius 3 is 2.59 bits per heavy atom. The van der Waals surface area contributed by atoms with Gasteiger partial charge in [-0.15, -0.1) is 0 Å². The van der Waals surface area contributed by atoms with Crippen molar-refractivity contribution >= 4 is 23.2 Å². The van der Waals surface area contributed by atoms with Crippen LogP contribution in [0.3, 0.4) is 0 Å². The third kappa shape index (κ3) is 4.03. The number of carbonyl (C=O) groups excluding carboxylic acids is 1. The summed E-state index contributed by atoms with van der Waals surface area (Å²) in [7, 11) is 3.01. The van der Waals surface area contributed by atoms with Crippen LogP contribution in [0.25, 0.3) is 5.69 Å². The molecule has 4 rings (SSSR count). The molecule has 1 aliphatic rings. The van der Waals surface area contributed by atoms with E-state index in [9.17, 15) is 19.5 Å². The summed E-state index contributed by atoms with van der Waals surface area (Å²) in [6.45, 7) is 1.34. The Labute approximate surface area is 198 Å². The average molecular weight is 485 g/mol. The zero-order valence-corrected chi connectivity index (χ0v) is 19.3. The number of aromatic amines is 1. The van der Waals surface area contributed by atoms with E-state index in [4.69, 9.17) is 21.1 Å². The Balaban J connectivity index is 1.86. The molecule has 3 aromatic rings. The summed E-state index contributed by atoms with van der Waals surface area (Å²) in [4.78, 5) is 39.9. The average Bonchev–Trinajstić information content (AvgIpc) is 3.23. The molecule has 2 N–H and O–H groups in total. The monoisotopic (exact) mass is 484 g/mol. The highest BCUT2D eigenvalue weighted by molar-refractivity contribution is 6.30. The molecule has 176 valence electrons. The van der Waals surface area contributed by atoms with Gasteiger partial charge >= 0.3 is 5.69 Å². The lowest BCUT2D eigenvalue weighted by molar-refractivity contribution is -0.130. The summed E-state index contributed by atoms with van der Waals surface area (Å²) >= 11 is 6.03. The van der Waals surface area contributed by atoms with Crippen LogP contribution in [0.5, 0.6) is 17.4 Å². The predicted molar refractivity (Wildman–Crippen MR) is 125 cm³/mol. The lowest BCUT2D eigenvalue weighted by Crippen LogP contribution is -2.33. The van der Waals surface area contributed by atoms with Gasteiger partial charge in [-0.3, -0.25) is 14.6 Å². The molecule has 10 nitrogen and oxygen atoms in total. The number of aromatic hydroxyl groups is 1. The van der Waals surface area contributed by atoms with E-state index in [1.807, 2.05) is 0 Å². The summed E-state index contributed by atoms with van der Waals surface area (Å²) in [5.41, 5.74) is -0.923. The maximum atomic E-state index is 12.8. The number of ether oxygens (including phenoxy) is 2. The van der Waals surface area contributed by atoms with Crippen molar-refractivity contribution in [2.75, 3.05) is 14.2 Å². The number of hydrogen-bond acceptors (Lipinski definition) is 7. The van der Waals surface area contributed by atoms with Crippen molar-refractivity contribution < 1.29 is 19.4 Å². The Kier molecular flexibility index (Phi) is 6.16. The first-order chi connectivity index (χ1) is 16.2. The zero-order valence-electron chi connectivity index (χ0n) is 18.5. The molecule has 0 bridgehead atoms. The van der Waals surface area contributed by atoms with Crippen LogP contribution in [0.2, 0.25) is 5.02 Å². The fourth-order valence-corrected chi connectivity index (χ4v) is 4.12. The zero-order chi connectivity index (χ0) is 24.6. The third-order valence-electron chi connectivity index (χ3n) is 5.47. The van der Waals surface area contributed by atoms with Gasteiger partial charge in [-0.05, 0) is 36.4 Å². The molecule has 1 amide bonds. The number of halogens is 1. The summed E-state index contributed by atoms with van der Waals surface area (Å²) in [5.74, 6) is 0.0407. The van der Waals surface area contributed by atoms with E-state index >= 15 is 0 Å². The minimum Gasteiger partial charge on any atom is -0.497 e. The molecule has 34 heavy (non-hydrogen) atoms. The van der Waals surface area contributed by atoms with Crippen molar-refractivity contribution in [3.05, 3.63) is 79.5 Å². The number of hydrazone groups is 1. The van der Waals surface area contributed by atoms with Crippen LogP contribution >= 0.6 is 11.6 Å². The molecule has 0 saturated heterocycles. The van der Waals surface area contributed by atoms with Gasteiger partial charge in [0.25, 0.3) is 5.56 Å². The SMILES string of the molecule is COc1ccc(OC)c([C@H]2CC(c3c(O)n(-c4cccc(Cl)c4)c(=O)[nH]c3=O)=NN2C(C)=O)c1. The Bertz CT molecular complexity index is 1430. The lowest BCUT2D eigenvalue weighted by atomic mass is 9.98. The third-order valence-corrected chi connectivity index (χ3v) is 5.70. The van der Waals surface area contributed by atoms with Crippen molar-refractivity contribution in [2.24, 2.45) is 5.10 Å². The van der Waals surface area contributed by atoms with Crippen molar-refractivity contribution in [3.8, 4) is 23.1 Å². The second kappa shape index (κ2) is 9.06. The molecule has 0 fully saturated rings. The largest absolute Gasteiger partial charge is 0.497 e. The van der Waals surface area contributed by atoms with Crippen molar-refractivity contribution in [2.45, 2.75) is 19.4 Å². The second-order valence-corrected chi connectivity index (χ2v) is 7.95. The van der Waals surface area contributed by atoms with Crippen LogP contribution in [0.4, 0.5) is 0 Å². The number of hydrogen-bond donors (Lipinski definition) is 2. The maximum Gasteiger partial charge on any atom is 0.335 e. The molecule has 1 aromatic heterocycles. The van der Waals surface area contributed by atoms with E-state index in [0.29, 0.717) is 22.1 Å². The number of nitrogens with one attached hydrogen (secondary N) is 1. The molecule has 2 aromatic carbocycles. The first-order valence-electron chi connectivity index (χ1n) is 10.2. The van der Waals surface area contributed by atoms with E-state index in [1.165, 1.54) is 32.2 Å². The van der Waals surface area contributed by atoms with E-state index in [0.717, 1.165) is 4.57 Å². The topological polar surface area (TPSA) is 126 Å². The number of H-pyrrole nitrogens is 1. The van der Waals surface area contributed by atoms with E-state index in [2.05, 4.69) is 10.1 Å². The molecule has 1 atom stereocenters. The summed E-state index contributed by atoms with van der Waals surface area (Å²) in [6.07, 6.45) is 0.0769. The van der Waals surface area contributed by atoms with Gasteiger partial charge in [0.2, 0.25) is 11.8 Å². The molecule has 0 aliphatic carbocycles. The van der Waals surface area contributed by atoms with E-state index in [-0.39, 0.29) is 29.3 Å². The number of methoxy groups -OCH3 is 2. The fraction of sp³-hybridized carbons (Fsp3) is 0.217. The highest BCUT2D eigenvalue weighted by atomic mass is 35.5. The summed E-state index contributed by atoms with van der Waals surface area (Å²) < 4.78 is 11.7. The molecule has 0 saturated carbocycles. The smallest absolute Gasteiger partial charge is 0.335 e. The molecule has 0 radical (unpaired) electrons. The number of nitrogens with zero attached hydrogens (tertiary/aromatic N) is 3. The Hall–Kier alpha value is -4.05. The number of aromatic nitrogens is 2. The maximum absolute atomic E-state index is 12.8. The Morgan fingerprint density at radius 2 is 1.94 bits per heavy atom. The quantitative estimate of drug-likeness (QED) is 0.573. The second-order valence-electron chi connectivity index (χ2n) is 7.51. The number of amides is 1. The van der Waals surface area contributed by atoms with Gasteiger partial charge in [0.05, 0.1) is 31.7 Å². The van der Waals surface area contributed by atoms with Gasteiger partial charge in [0.1, 0.15) is 17.1 Å². The number of benzene rings is 2. The number of carbonyl (C=O) groups is 1. The van der Waals surface area contributed by atoms with Crippen molar-refractivity contribution in [1.29, 1.82) is 0 Å². The van der Waals surface area contributed by atoms with Gasteiger partial charge in [-0.2, -0.15) is 5.10 Å². The molecular formula is C23H21ClN4O6. The van der Waals surface area contributed by atoms with Crippen LogP contribution < -0.4 is 20.7 Å². The van der Waals surface area contributed by atoms with Crippen LogP contribution in [-0.2, 0) is 4.79 Å². The fourth-order valence-electron chi connectivity index (χ4n) is 3.93. The van der Waals surface area contributed by atoms with Gasteiger partial charge in [-0.25, -0.2) is 14.4 Å². The van der Waals surface area contributed by atoms with Crippen molar-refractivity contribution in [1.82, 2.24) is 14.6 Å². The van der Waals surface area contributed by atoms with Gasteiger partial charge in [0.15, 0.2) is 0 Å².